The number of quaternary nitrogens is 1. The van der Waals surface area contributed by atoms with Gasteiger partial charge >= 0.3 is 0 Å². The Balaban J connectivity index is 1.23. The quantitative estimate of drug-likeness (QED) is 0.639. The molecule has 1 amide bonds. The minimum Gasteiger partial charge on any atom is -0.360 e. The standard InChI is InChI=1S/C26H29N3O/c30-26(16-11-22-7-3-1-4-8-22)27-24-12-14-25(15-13-24)29-19-17-28(18-20-29)21-23-9-5-2-6-10-23/h1-10,12-15H,11,16-21H2,(H,27,30)/p+1. The third-order valence-corrected chi connectivity index (χ3v) is 5.77. The van der Waals surface area contributed by atoms with E-state index in [-0.39, 0.29) is 5.91 Å². The molecule has 4 heteroatoms. The minimum atomic E-state index is 0.0599. The molecule has 3 aromatic rings. The maximum absolute atomic E-state index is 12.2. The van der Waals surface area contributed by atoms with Crippen LogP contribution in [-0.4, -0.2) is 32.1 Å². The molecule has 0 aliphatic carbocycles. The first-order valence-corrected chi connectivity index (χ1v) is 10.8. The fourth-order valence-electron chi connectivity index (χ4n) is 4.02. The number of hydrogen-bond donors (Lipinski definition) is 2. The average Bonchev–Trinajstić information content (AvgIpc) is 2.80. The lowest BCUT2D eigenvalue weighted by Crippen LogP contribution is -3.13. The van der Waals surface area contributed by atoms with Crippen molar-refractivity contribution >= 4 is 17.3 Å². The number of carbonyl (C=O) groups excluding carboxylic acids is 1. The van der Waals surface area contributed by atoms with Crippen molar-refractivity contribution < 1.29 is 9.69 Å². The molecule has 0 bridgehead atoms. The molecule has 3 aromatic carbocycles. The Morgan fingerprint density at radius 1 is 0.800 bits per heavy atom. The number of aryl methyl sites for hydroxylation is 1. The van der Waals surface area contributed by atoms with E-state index in [1.807, 2.05) is 30.3 Å². The Hall–Kier alpha value is -3.11. The van der Waals surface area contributed by atoms with Crippen LogP contribution in [0.3, 0.4) is 0 Å². The SMILES string of the molecule is O=C(CCc1ccccc1)Nc1ccc(N2CC[NH+](Cc3ccccc3)CC2)cc1. The van der Waals surface area contributed by atoms with Crippen molar-refractivity contribution in [1.82, 2.24) is 0 Å². The van der Waals surface area contributed by atoms with Gasteiger partial charge in [0.1, 0.15) is 6.54 Å². The van der Waals surface area contributed by atoms with Gasteiger partial charge in [-0.25, -0.2) is 0 Å². The molecule has 1 saturated heterocycles. The molecule has 0 spiro atoms. The molecule has 30 heavy (non-hydrogen) atoms. The molecule has 0 saturated carbocycles. The number of nitrogens with zero attached hydrogens (tertiary/aromatic N) is 1. The van der Waals surface area contributed by atoms with Gasteiger partial charge in [0.05, 0.1) is 26.2 Å². The van der Waals surface area contributed by atoms with E-state index in [0.29, 0.717) is 6.42 Å². The van der Waals surface area contributed by atoms with Gasteiger partial charge in [-0.15, -0.1) is 0 Å². The van der Waals surface area contributed by atoms with Crippen LogP contribution in [0, 0.1) is 0 Å². The fraction of sp³-hybridized carbons (Fsp3) is 0.269. The van der Waals surface area contributed by atoms with Crippen molar-refractivity contribution in [2.75, 3.05) is 36.4 Å². The molecular formula is C26H30N3O+. The van der Waals surface area contributed by atoms with Gasteiger partial charge in [0.15, 0.2) is 0 Å². The lowest BCUT2D eigenvalue weighted by molar-refractivity contribution is -0.914. The van der Waals surface area contributed by atoms with Gasteiger partial charge in [0.25, 0.3) is 0 Å². The molecule has 1 aliphatic rings. The summed E-state index contributed by atoms with van der Waals surface area (Å²) >= 11 is 0. The Labute approximate surface area is 179 Å². The first-order valence-electron chi connectivity index (χ1n) is 10.8. The van der Waals surface area contributed by atoms with Crippen molar-refractivity contribution in [2.45, 2.75) is 19.4 Å². The van der Waals surface area contributed by atoms with E-state index in [4.69, 9.17) is 0 Å². The van der Waals surface area contributed by atoms with Crippen LogP contribution in [-0.2, 0) is 17.8 Å². The molecule has 0 unspecified atom stereocenters. The van der Waals surface area contributed by atoms with Crippen LogP contribution in [0.15, 0.2) is 84.9 Å². The van der Waals surface area contributed by atoms with Crippen molar-refractivity contribution in [2.24, 2.45) is 0 Å². The topological polar surface area (TPSA) is 36.8 Å². The monoisotopic (exact) mass is 400 g/mol. The molecule has 4 nitrogen and oxygen atoms in total. The largest absolute Gasteiger partial charge is 0.360 e. The summed E-state index contributed by atoms with van der Waals surface area (Å²) in [5, 5.41) is 3.02. The molecule has 0 radical (unpaired) electrons. The summed E-state index contributed by atoms with van der Waals surface area (Å²) < 4.78 is 0. The van der Waals surface area contributed by atoms with Crippen LogP contribution in [0.2, 0.25) is 0 Å². The predicted octanol–water partition coefficient (Wildman–Crippen LogP) is 3.16. The van der Waals surface area contributed by atoms with Crippen LogP contribution >= 0.6 is 0 Å². The number of anilines is 2. The van der Waals surface area contributed by atoms with Crippen molar-refractivity contribution in [3.63, 3.8) is 0 Å². The van der Waals surface area contributed by atoms with Crippen molar-refractivity contribution in [3.05, 3.63) is 96.1 Å². The normalized spacial score (nSPS) is 14.5. The van der Waals surface area contributed by atoms with Crippen LogP contribution < -0.4 is 15.1 Å². The summed E-state index contributed by atoms with van der Waals surface area (Å²) in [5.41, 5.74) is 4.70. The summed E-state index contributed by atoms with van der Waals surface area (Å²) in [4.78, 5) is 16.3. The number of carbonyl (C=O) groups is 1. The number of hydrogen-bond acceptors (Lipinski definition) is 2. The molecule has 4 rings (SSSR count). The first kappa shape index (κ1) is 20.2. The fourth-order valence-corrected chi connectivity index (χ4v) is 4.02. The van der Waals surface area contributed by atoms with Crippen LogP contribution in [0.4, 0.5) is 11.4 Å². The van der Waals surface area contributed by atoms with Gasteiger partial charge in [0, 0.05) is 23.4 Å². The lowest BCUT2D eigenvalue weighted by atomic mass is 10.1. The van der Waals surface area contributed by atoms with Gasteiger partial charge < -0.3 is 15.1 Å². The molecule has 1 heterocycles. The van der Waals surface area contributed by atoms with Crippen molar-refractivity contribution in [1.29, 1.82) is 0 Å². The number of rotatable bonds is 7. The molecule has 154 valence electrons. The second kappa shape index (κ2) is 10.1. The molecule has 2 N–H and O–H groups in total. The third-order valence-electron chi connectivity index (χ3n) is 5.77. The van der Waals surface area contributed by atoms with Gasteiger partial charge in [0.2, 0.25) is 5.91 Å². The smallest absolute Gasteiger partial charge is 0.224 e. The average molecular weight is 401 g/mol. The van der Waals surface area contributed by atoms with Gasteiger partial charge in [-0.2, -0.15) is 0 Å². The highest BCUT2D eigenvalue weighted by Crippen LogP contribution is 2.18. The summed E-state index contributed by atoms with van der Waals surface area (Å²) in [7, 11) is 0. The third kappa shape index (κ3) is 5.71. The molecule has 0 aromatic heterocycles. The van der Waals surface area contributed by atoms with E-state index in [1.165, 1.54) is 16.8 Å². The second-order valence-corrected chi connectivity index (χ2v) is 7.98. The zero-order valence-corrected chi connectivity index (χ0v) is 17.4. The maximum Gasteiger partial charge on any atom is 0.224 e. The zero-order valence-electron chi connectivity index (χ0n) is 17.4. The highest BCUT2D eigenvalue weighted by atomic mass is 16.1. The lowest BCUT2D eigenvalue weighted by Gasteiger charge is -2.33. The Morgan fingerprint density at radius 2 is 1.40 bits per heavy atom. The molecule has 1 fully saturated rings. The second-order valence-electron chi connectivity index (χ2n) is 7.98. The Morgan fingerprint density at radius 3 is 2.03 bits per heavy atom. The molecule has 1 aliphatic heterocycles. The minimum absolute atomic E-state index is 0.0599. The van der Waals surface area contributed by atoms with Gasteiger partial charge in [-0.3, -0.25) is 4.79 Å². The predicted molar refractivity (Wildman–Crippen MR) is 123 cm³/mol. The van der Waals surface area contributed by atoms with Crippen LogP contribution in [0.25, 0.3) is 0 Å². The van der Waals surface area contributed by atoms with E-state index in [2.05, 4.69) is 64.8 Å². The van der Waals surface area contributed by atoms with E-state index in [0.717, 1.165) is 44.8 Å². The van der Waals surface area contributed by atoms with E-state index in [9.17, 15) is 4.79 Å². The van der Waals surface area contributed by atoms with Gasteiger partial charge in [-0.1, -0.05) is 60.7 Å². The number of benzene rings is 3. The highest BCUT2D eigenvalue weighted by Gasteiger charge is 2.20. The van der Waals surface area contributed by atoms with E-state index < -0.39 is 0 Å². The molecule has 0 atom stereocenters. The number of nitrogens with one attached hydrogen (secondary N) is 2. The summed E-state index contributed by atoms with van der Waals surface area (Å²) in [5.74, 6) is 0.0599. The van der Waals surface area contributed by atoms with Crippen LogP contribution in [0.1, 0.15) is 17.5 Å². The van der Waals surface area contributed by atoms with Crippen molar-refractivity contribution in [3.8, 4) is 0 Å². The first-order chi connectivity index (χ1) is 14.8. The number of piperazine rings is 1. The Bertz CT molecular complexity index is 918. The zero-order chi connectivity index (χ0) is 20.6. The highest BCUT2D eigenvalue weighted by molar-refractivity contribution is 5.91. The summed E-state index contributed by atoms with van der Waals surface area (Å²) in [6.45, 7) is 5.51. The summed E-state index contributed by atoms with van der Waals surface area (Å²) in [6, 6.07) is 29.1. The Kier molecular flexibility index (Phi) is 6.78. The molecular weight excluding hydrogens is 370 g/mol. The van der Waals surface area contributed by atoms with Crippen LogP contribution in [0.5, 0.6) is 0 Å². The van der Waals surface area contributed by atoms with E-state index in [1.54, 1.807) is 4.90 Å². The summed E-state index contributed by atoms with van der Waals surface area (Å²) in [6.07, 6.45) is 1.26. The maximum atomic E-state index is 12.2. The number of amides is 1. The van der Waals surface area contributed by atoms with Gasteiger partial charge in [-0.05, 0) is 36.2 Å². The van der Waals surface area contributed by atoms with E-state index >= 15 is 0 Å².